The SMILES string of the molecule is N[C@@H](c1ccc(F)cc1Br)C1CC1. The maximum atomic E-state index is 12.8. The molecule has 0 radical (unpaired) electrons. The molecule has 0 bridgehead atoms. The van der Waals surface area contributed by atoms with Gasteiger partial charge in [-0.25, -0.2) is 4.39 Å². The molecule has 1 saturated carbocycles. The fraction of sp³-hybridized carbons (Fsp3) is 0.400. The van der Waals surface area contributed by atoms with Crippen LogP contribution in [0.2, 0.25) is 0 Å². The van der Waals surface area contributed by atoms with Gasteiger partial charge >= 0.3 is 0 Å². The van der Waals surface area contributed by atoms with Gasteiger partial charge in [-0.15, -0.1) is 0 Å². The first-order valence-electron chi connectivity index (χ1n) is 4.39. The van der Waals surface area contributed by atoms with Gasteiger partial charge in [0.05, 0.1) is 0 Å². The number of hydrogen-bond acceptors (Lipinski definition) is 1. The highest BCUT2D eigenvalue weighted by Crippen LogP contribution is 2.41. The molecule has 1 nitrogen and oxygen atoms in total. The summed E-state index contributed by atoms with van der Waals surface area (Å²) in [4.78, 5) is 0. The molecule has 1 aliphatic carbocycles. The molecule has 3 heteroatoms. The van der Waals surface area contributed by atoms with Gasteiger partial charge in [-0.3, -0.25) is 0 Å². The summed E-state index contributed by atoms with van der Waals surface area (Å²) in [7, 11) is 0. The Kier molecular flexibility index (Phi) is 2.39. The zero-order valence-corrected chi connectivity index (χ0v) is 8.72. The summed E-state index contributed by atoms with van der Waals surface area (Å²) >= 11 is 3.32. The summed E-state index contributed by atoms with van der Waals surface area (Å²) < 4.78 is 13.5. The highest BCUT2D eigenvalue weighted by molar-refractivity contribution is 9.10. The molecule has 1 aliphatic rings. The normalized spacial score (nSPS) is 18.7. The topological polar surface area (TPSA) is 26.0 Å². The van der Waals surface area contributed by atoms with Crippen LogP contribution in [0, 0.1) is 11.7 Å². The highest BCUT2D eigenvalue weighted by atomic mass is 79.9. The minimum atomic E-state index is -0.223. The van der Waals surface area contributed by atoms with Crippen molar-refractivity contribution >= 4 is 15.9 Å². The number of benzene rings is 1. The molecule has 0 spiro atoms. The van der Waals surface area contributed by atoms with Gasteiger partial charge in [0.15, 0.2) is 0 Å². The molecule has 70 valence electrons. The lowest BCUT2D eigenvalue weighted by Gasteiger charge is -2.12. The van der Waals surface area contributed by atoms with E-state index in [2.05, 4.69) is 15.9 Å². The van der Waals surface area contributed by atoms with Crippen molar-refractivity contribution in [1.82, 2.24) is 0 Å². The Morgan fingerprint density at radius 2 is 2.15 bits per heavy atom. The highest BCUT2D eigenvalue weighted by Gasteiger charge is 2.30. The Morgan fingerprint density at radius 1 is 1.46 bits per heavy atom. The molecule has 0 heterocycles. The predicted molar refractivity (Wildman–Crippen MR) is 53.8 cm³/mol. The van der Waals surface area contributed by atoms with Gasteiger partial charge in [0.1, 0.15) is 5.82 Å². The molecule has 1 atom stereocenters. The average molecular weight is 244 g/mol. The quantitative estimate of drug-likeness (QED) is 0.850. The van der Waals surface area contributed by atoms with Crippen molar-refractivity contribution in [2.75, 3.05) is 0 Å². The summed E-state index contributed by atoms with van der Waals surface area (Å²) in [6.45, 7) is 0. The molecule has 13 heavy (non-hydrogen) atoms. The third kappa shape index (κ3) is 1.92. The summed E-state index contributed by atoms with van der Waals surface area (Å²) in [6.07, 6.45) is 2.40. The van der Waals surface area contributed by atoms with Gasteiger partial charge in [0.25, 0.3) is 0 Å². The Hall–Kier alpha value is -0.410. The second-order valence-electron chi connectivity index (χ2n) is 3.53. The molecule has 1 aromatic carbocycles. The third-order valence-electron chi connectivity index (χ3n) is 2.45. The predicted octanol–water partition coefficient (Wildman–Crippen LogP) is 3.00. The van der Waals surface area contributed by atoms with Gasteiger partial charge in [-0.05, 0) is 36.5 Å². The lowest BCUT2D eigenvalue weighted by atomic mass is 10.0. The minimum absolute atomic E-state index is 0.0648. The first kappa shape index (κ1) is 9.16. The summed E-state index contributed by atoms with van der Waals surface area (Å²) in [6, 6.07) is 4.76. The fourth-order valence-corrected chi connectivity index (χ4v) is 2.10. The van der Waals surface area contributed by atoms with Crippen LogP contribution in [0.25, 0.3) is 0 Å². The van der Waals surface area contributed by atoms with Crippen molar-refractivity contribution in [3.05, 3.63) is 34.1 Å². The van der Waals surface area contributed by atoms with Crippen LogP contribution < -0.4 is 5.73 Å². The van der Waals surface area contributed by atoms with Crippen molar-refractivity contribution in [2.45, 2.75) is 18.9 Å². The third-order valence-corrected chi connectivity index (χ3v) is 3.14. The van der Waals surface area contributed by atoms with Crippen LogP contribution in [-0.2, 0) is 0 Å². The summed E-state index contributed by atoms with van der Waals surface area (Å²) in [5.41, 5.74) is 7.02. The molecule has 0 saturated heterocycles. The Morgan fingerprint density at radius 3 is 2.69 bits per heavy atom. The van der Waals surface area contributed by atoms with E-state index in [0.717, 1.165) is 10.0 Å². The number of rotatable bonds is 2. The van der Waals surface area contributed by atoms with Crippen LogP contribution >= 0.6 is 15.9 Å². The van der Waals surface area contributed by atoms with E-state index in [9.17, 15) is 4.39 Å². The van der Waals surface area contributed by atoms with E-state index in [1.165, 1.54) is 25.0 Å². The number of hydrogen-bond donors (Lipinski definition) is 1. The summed E-state index contributed by atoms with van der Waals surface area (Å²) in [5.74, 6) is 0.375. The van der Waals surface area contributed by atoms with Crippen LogP contribution in [-0.4, -0.2) is 0 Å². The molecule has 0 unspecified atom stereocenters. The van der Waals surface area contributed by atoms with Crippen molar-refractivity contribution in [3.8, 4) is 0 Å². The molecule has 2 rings (SSSR count). The molecule has 2 N–H and O–H groups in total. The molecular formula is C10H11BrFN. The smallest absolute Gasteiger partial charge is 0.124 e. The van der Waals surface area contributed by atoms with Gasteiger partial charge in [-0.1, -0.05) is 22.0 Å². The monoisotopic (exact) mass is 243 g/mol. The van der Waals surface area contributed by atoms with Crippen LogP contribution in [0.5, 0.6) is 0 Å². The molecular weight excluding hydrogens is 233 g/mol. The minimum Gasteiger partial charge on any atom is -0.324 e. The van der Waals surface area contributed by atoms with E-state index in [1.807, 2.05) is 0 Å². The van der Waals surface area contributed by atoms with Crippen LogP contribution in [0.4, 0.5) is 4.39 Å². The largest absolute Gasteiger partial charge is 0.324 e. The van der Waals surface area contributed by atoms with Gasteiger partial charge in [0.2, 0.25) is 0 Å². The van der Waals surface area contributed by atoms with E-state index in [-0.39, 0.29) is 11.9 Å². The second-order valence-corrected chi connectivity index (χ2v) is 4.38. The zero-order valence-electron chi connectivity index (χ0n) is 7.13. The van der Waals surface area contributed by atoms with Gasteiger partial charge < -0.3 is 5.73 Å². The van der Waals surface area contributed by atoms with E-state index in [1.54, 1.807) is 6.07 Å². The Balaban J connectivity index is 2.28. The first-order chi connectivity index (χ1) is 6.18. The molecule has 1 aromatic rings. The van der Waals surface area contributed by atoms with Crippen molar-refractivity contribution in [3.63, 3.8) is 0 Å². The molecule has 1 fully saturated rings. The lowest BCUT2D eigenvalue weighted by molar-refractivity contribution is 0.610. The van der Waals surface area contributed by atoms with Gasteiger partial charge in [0, 0.05) is 10.5 Å². The van der Waals surface area contributed by atoms with E-state index < -0.39 is 0 Å². The Bertz CT molecular complexity index is 323. The zero-order chi connectivity index (χ0) is 9.42. The van der Waals surface area contributed by atoms with Crippen LogP contribution in [0.3, 0.4) is 0 Å². The molecule has 0 amide bonds. The van der Waals surface area contributed by atoms with Crippen LogP contribution in [0.1, 0.15) is 24.4 Å². The lowest BCUT2D eigenvalue weighted by Crippen LogP contribution is -2.12. The average Bonchev–Trinajstić information content (AvgIpc) is 2.85. The van der Waals surface area contributed by atoms with E-state index in [4.69, 9.17) is 5.73 Å². The van der Waals surface area contributed by atoms with Crippen molar-refractivity contribution in [1.29, 1.82) is 0 Å². The van der Waals surface area contributed by atoms with Crippen molar-refractivity contribution < 1.29 is 4.39 Å². The van der Waals surface area contributed by atoms with Crippen LogP contribution in [0.15, 0.2) is 22.7 Å². The Labute approximate surface area is 85.3 Å². The van der Waals surface area contributed by atoms with Gasteiger partial charge in [-0.2, -0.15) is 0 Å². The van der Waals surface area contributed by atoms with E-state index >= 15 is 0 Å². The molecule has 0 aliphatic heterocycles. The molecule has 0 aromatic heterocycles. The number of halogens is 2. The standard InChI is InChI=1S/C10H11BrFN/c11-9-5-7(12)3-4-8(9)10(13)6-1-2-6/h3-6,10H,1-2,13H2/t10-/m1/s1. The van der Waals surface area contributed by atoms with E-state index in [0.29, 0.717) is 5.92 Å². The first-order valence-corrected chi connectivity index (χ1v) is 5.18. The summed E-state index contributed by atoms with van der Waals surface area (Å²) in [5, 5.41) is 0. The maximum Gasteiger partial charge on any atom is 0.124 e. The number of nitrogens with two attached hydrogens (primary N) is 1. The second kappa shape index (κ2) is 3.39. The maximum absolute atomic E-state index is 12.8. The fourth-order valence-electron chi connectivity index (χ4n) is 1.48. The van der Waals surface area contributed by atoms with Crippen molar-refractivity contribution in [2.24, 2.45) is 11.7 Å².